The van der Waals surface area contributed by atoms with Crippen LogP contribution in [0.15, 0.2) is 42.5 Å². The maximum atomic E-state index is 2.44. The summed E-state index contributed by atoms with van der Waals surface area (Å²) in [6, 6.07) is 8.81. The topological polar surface area (TPSA) is 0 Å². The molecule has 76 valence electrons. The van der Waals surface area contributed by atoms with E-state index in [1.54, 1.807) is 0 Å². The first-order valence-electron chi connectivity index (χ1n) is 5.65. The molecule has 0 aromatic heterocycles. The Bertz CT molecular complexity index is 447. The van der Waals surface area contributed by atoms with Gasteiger partial charge in [-0.2, -0.15) is 0 Å². The van der Waals surface area contributed by atoms with Crippen LogP contribution in [0.4, 0.5) is 0 Å². The molecule has 1 fully saturated rings. The van der Waals surface area contributed by atoms with Crippen LogP contribution in [0.5, 0.6) is 0 Å². The van der Waals surface area contributed by atoms with Gasteiger partial charge in [0, 0.05) is 0 Å². The summed E-state index contributed by atoms with van der Waals surface area (Å²) in [5.74, 6) is 0.791. The Labute approximate surface area is 91.3 Å². The zero-order valence-electron chi connectivity index (χ0n) is 9.33. The van der Waals surface area contributed by atoms with Gasteiger partial charge in [-0.25, -0.2) is 0 Å². The summed E-state index contributed by atoms with van der Waals surface area (Å²) in [7, 11) is 0. The van der Waals surface area contributed by atoms with E-state index in [1.807, 2.05) is 0 Å². The highest BCUT2D eigenvalue weighted by atomic mass is 14.5. The number of aryl methyl sites for hydroxylation is 1. The van der Waals surface area contributed by atoms with Crippen LogP contribution in [-0.2, 0) is 0 Å². The second-order valence-corrected chi connectivity index (χ2v) is 5.14. The Kier molecular flexibility index (Phi) is 1.70. The van der Waals surface area contributed by atoms with Gasteiger partial charge in [0.1, 0.15) is 0 Å². The largest absolute Gasteiger partial charge is 0.0774 e. The molecule has 0 heteroatoms. The first kappa shape index (κ1) is 8.96. The molecule has 0 spiro atoms. The van der Waals surface area contributed by atoms with Crippen LogP contribution in [0.1, 0.15) is 24.5 Å². The molecule has 0 nitrogen and oxygen atoms in total. The highest BCUT2D eigenvalue weighted by molar-refractivity contribution is 5.76. The van der Waals surface area contributed by atoms with Gasteiger partial charge in [0.05, 0.1) is 0 Å². The summed E-state index contributed by atoms with van der Waals surface area (Å²) in [5, 5.41) is 0. The number of rotatable bonds is 1. The van der Waals surface area contributed by atoms with E-state index in [1.165, 1.54) is 23.1 Å². The van der Waals surface area contributed by atoms with Gasteiger partial charge >= 0.3 is 0 Å². The molecule has 2 aliphatic rings. The SMILES string of the molecule is Cc1ccc(C2=CC3CC3(C)C=C2)cc1. The summed E-state index contributed by atoms with van der Waals surface area (Å²) in [4.78, 5) is 0. The molecule has 0 aliphatic heterocycles. The third-order valence-corrected chi connectivity index (χ3v) is 3.76. The van der Waals surface area contributed by atoms with Gasteiger partial charge in [-0.15, -0.1) is 0 Å². The van der Waals surface area contributed by atoms with Gasteiger partial charge in [0.2, 0.25) is 0 Å². The predicted octanol–water partition coefficient (Wildman–Crippen LogP) is 3.97. The first-order chi connectivity index (χ1) is 7.17. The van der Waals surface area contributed by atoms with E-state index < -0.39 is 0 Å². The molecule has 1 aromatic rings. The van der Waals surface area contributed by atoms with Crippen molar-refractivity contribution >= 4 is 5.57 Å². The number of fused-ring (bicyclic) bond motifs is 1. The zero-order valence-corrected chi connectivity index (χ0v) is 9.33. The Morgan fingerprint density at radius 3 is 2.60 bits per heavy atom. The summed E-state index contributed by atoms with van der Waals surface area (Å²) < 4.78 is 0. The number of hydrogen-bond acceptors (Lipinski definition) is 0. The van der Waals surface area contributed by atoms with Crippen molar-refractivity contribution in [3.05, 3.63) is 53.6 Å². The van der Waals surface area contributed by atoms with Crippen molar-refractivity contribution in [3.8, 4) is 0 Å². The van der Waals surface area contributed by atoms with Gasteiger partial charge in [-0.1, -0.05) is 55.0 Å². The molecular formula is C15H16. The minimum absolute atomic E-state index is 0.494. The lowest BCUT2D eigenvalue weighted by Gasteiger charge is -2.11. The van der Waals surface area contributed by atoms with E-state index in [2.05, 4.69) is 56.3 Å². The quantitative estimate of drug-likeness (QED) is 0.637. The van der Waals surface area contributed by atoms with E-state index in [9.17, 15) is 0 Å². The van der Waals surface area contributed by atoms with E-state index >= 15 is 0 Å². The number of allylic oxidation sites excluding steroid dienone is 4. The van der Waals surface area contributed by atoms with E-state index in [0.29, 0.717) is 5.41 Å². The summed E-state index contributed by atoms with van der Waals surface area (Å²) >= 11 is 0. The molecule has 2 atom stereocenters. The average Bonchev–Trinajstić information content (AvgIpc) is 2.89. The van der Waals surface area contributed by atoms with E-state index in [4.69, 9.17) is 0 Å². The Hall–Kier alpha value is -1.30. The molecule has 0 radical (unpaired) electrons. The fourth-order valence-electron chi connectivity index (χ4n) is 2.35. The Balaban J connectivity index is 1.93. The van der Waals surface area contributed by atoms with Crippen molar-refractivity contribution < 1.29 is 0 Å². The molecule has 3 rings (SSSR count). The van der Waals surface area contributed by atoms with Crippen molar-refractivity contribution in [3.63, 3.8) is 0 Å². The second kappa shape index (κ2) is 2.85. The first-order valence-corrected chi connectivity index (χ1v) is 5.65. The smallest absolute Gasteiger partial charge is 0.00739 e. The van der Waals surface area contributed by atoms with Gasteiger partial charge in [-0.3, -0.25) is 0 Å². The minimum atomic E-state index is 0.494. The van der Waals surface area contributed by atoms with E-state index in [-0.39, 0.29) is 0 Å². The Morgan fingerprint density at radius 1 is 1.20 bits per heavy atom. The molecule has 1 aromatic carbocycles. The van der Waals surface area contributed by atoms with Crippen molar-refractivity contribution in [2.45, 2.75) is 20.3 Å². The summed E-state index contributed by atoms with van der Waals surface area (Å²) in [6.45, 7) is 4.48. The van der Waals surface area contributed by atoms with Crippen molar-refractivity contribution in [2.24, 2.45) is 11.3 Å². The monoisotopic (exact) mass is 196 g/mol. The zero-order chi connectivity index (χ0) is 10.5. The standard InChI is InChI=1S/C15H16/c1-11-3-5-12(6-4-11)13-7-8-15(2)10-14(15)9-13/h3-9,14H,10H2,1-2H3. The third kappa shape index (κ3) is 1.45. The minimum Gasteiger partial charge on any atom is -0.0774 e. The predicted molar refractivity (Wildman–Crippen MR) is 64.5 cm³/mol. The molecule has 2 aliphatic carbocycles. The molecule has 0 heterocycles. The molecule has 0 amide bonds. The number of benzene rings is 1. The highest BCUT2D eigenvalue weighted by Crippen LogP contribution is 2.57. The van der Waals surface area contributed by atoms with Crippen LogP contribution in [0.3, 0.4) is 0 Å². The van der Waals surface area contributed by atoms with Crippen LogP contribution in [-0.4, -0.2) is 0 Å². The van der Waals surface area contributed by atoms with Crippen LogP contribution >= 0.6 is 0 Å². The summed E-state index contributed by atoms with van der Waals surface area (Å²) in [5.41, 5.74) is 4.57. The van der Waals surface area contributed by atoms with Gasteiger partial charge in [-0.05, 0) is 35.8 Å². The molecule has 15 heavy (non-hydrogen) atoms. The lowest BCUT2D eigenvalue weighted by atomic mass is 9.94. The normalized spacial score (nSPS) is 32.1. The van der Waals surface area contributed by atoms with Gasteiger partial charge in [0.25, 0.3) is 0 Å². The van der Waals surface area contributed by atoms with Crippen molar-refractivity contribution in [2.75, 3.05) is 0 Å². The highest BCUT2D eigenvalue weighted by Gasteiger charge is 2.47. The summed E-state index contributed by atoms with van der Waals surface area (Å²) in [6.07, 6.45) is 8.44. The van der Waals surface area contributed by atoms with Crippen LogP contribution in [0.25, 0.3) is 5.57 Å². The lowest BCUT2D eigenvalue weighted by molar-refractivity contribution is 0.692. The van der Waals surface area contributed by atoms with Crippen molar-refractivity contribution in [1.82, 2.24) is 0 Å². The van der Waals surface area contributed by atoms with E-state index in [0.717, 1.165) is 5.92 Å². The van der Waals surface area contributed by atoms with Crippen LogP contribution < -0.4 is 0 Å². The second-order valence-electron chi connectivity index (χ2n) is 5.14. The van der Waals surface area contributed by atoms with Crippen LogP contribution in [0, 0.1) is 18.3 Å². The van der Waals surface area contributed by atoms with Gasteiger partial charge < -0.3 is 0 Å². The molecule has 2 unspecified atom stereocenters. The maximum Gasteiger partial charge on any atom is -0.00739 e. The molecule has 0 saturated heterocycles. The molecule has 0 N–H and O–H groups in total. The fraction of sp³-hybridized carbons (Fsp3) is 0.333. The molecule has 0 bridgehead atoms. The molecular weight excluding hydrogens is 180 g/mol. The lowest BCUT2D eigenvalue weighted by Crippen LogP contribution is -1.96. The average molecular weight is 196 g/mol. The third-order valence-electron chi connectivity index (χ3n) is 3.76. The molecule has 1 saturated carbocycles. The fourth-order valence-corrected chi connectivity index (χ4v) is 2.35. The Morgan fingerprint density at radius 2 is 1.93 bits per heavy atom. The maximum absolute atomic E-state index is 2.44. The number of hydrogen-bond donors (Lipinski definition) is 0. The van der Waals surface area contributed by atoms with Gasteiger partial charge in [0.15, 0.2) is 0 Å². The van der Waals surface area contributed by atoms with Crippen LogP contribution in [0.2, 0.25) is 0 Å². The van der Waals surface area contributed by atoms with Crippen molar-refractivity contribution in [1.29, 1.82) is 0 Å².